The minimum Gasteiger partial charge on any atom is -0.490 e. The lowest BCUT2D eigenvalue weighted by Crippen LogP contribution is -2.40. The predicted octanol–water partition coefficient (Wildman–Crippen LogP) is 3.25. The number of carbonyl (C=O) groups excluding carboxylic acids is 1. The molecule has 2 aromatic carbocycles. The molecule has 0 aliphatic carbocycles. The van der Waals surface area contributed by atoms with Crippen LogP contribution in [0.4, 0.5) is 10.1 Å². The van der Waals surface area contributed by atoms with Gasteiger partial charge in [-0.15, -0.1) is 0 Å². The highest BCUT2D eigenvalue weighted by atomic mass is 32.1. The van der Waals surface area contributed by atoms with Crippen LogP contribution in [0.1, 0.15) is 12.5 Å². The Morgan fingerprint density at radius 2 is 1.86 bits per heavy atom. The van der Waals surface area contributed by atoms with Gasteiger partial charge in [-0.1, -0.05) is 12.2 Å². The van der Waals surface area contributed by atoms with E-state index in [9.17, 15) is 9.18 Å². The molecule has 0 radical (unpaired) electrons. The van der Waals surface area contributed by atoms with Crippen molar-refractivity contribution in [1.29, 1.82) is 0 Å². The van der Waals surface area contributed by atoms with Crippen molar-refractivity contribution in [3.05, 3.63) is 53.8 Å². The Morgan fingerprint density at radius 1 is 1.14 bits per heavy atom. The molecule has 3 rings (SSSR count). The smallest absolute Gasteiger partial charge is 0.262 e. The standard InChI is InChI=1S/C21H23FN2O4S/c1-2-27-19-13-15(21(29)24-9-11-26-12-10-24)3-8-18(19)28-14-20(25)23-17-6-4-16(22)5-7-17/h3-8,13H,2,9-12,14H2,1H3,(H,23,25). The molecule has 1 heterocycles. The first kappa shape index (κ1) is 21.0. The number of amides is 1. The molecule has 8 heteroatoms. The first-order chi connectivity index (χ1) is 14.1. The van der Waals surface area contributed by atoms with Crippen LogP contribution in [0.2, 0.25) is 0 Å². The summed E-state index contributed by atoms with van der Waals surface area (Å²) in [6, 6.07) is 11.0. The fraction of sp³-hybridized carbons (Fsp3) is 0.333. The molecule has 1 saturated heterocycles. The average molecular weight is 418 g/mol. The van der Waals surface area contributed by atoms with Crippen LogP contribution in [0, 0.1) is 5.82 Å². The van der Waals surface area contributed by atoms with Gasteiger partial charge >= 0.3 is 0 Å². The van der Waals surface area contributed by atoms with Gasteiger partial charge in [0.2, 0.25) is 0 Å². The van der Waals surface area contributed by atoms with Crippen LogP contribution in [0.15, 0.2) is 42.5 Å². The number of nitrogens with one attached hydrogen (secondary N) is 1. The number of rotatable bonds is 7. The van der Waals surface area contributed by atoms with E-state index in [1.165, 1.54) is 24.3 Å². The zero-order chi connectivity index (χ0) is 20.6. The molecule has 2 aromatic rings. The normalized spacial score (nSPS) is 13.7. The number of carbonyl (C=O) groups is 1. The second-order valence-corrected chi connectivity index (χ2v) is 6.73. The second kappa shape index (κ2) is 10.2. The zero-order valence-corrected chi connectivity index (χ0v) is 17.0. The first-order valence-electron chi connectivity index (χ1n) is 9.39. The van der Waals surface area contributed by atoms with Crippen molar-refractivity contribution in [2.75, 3.05) is 44.8 Å². The van der Waals surface area contributed by atoms with Crippen LogP contribution in [-0.2, 0) is 9.53 Å². The van der Waals surface area contributed by atoms with Crippen LogP contribution < -0.4 is 14.8 Å². The van der Waals surface area contributed by atoms with E-state index in [0.29, 0.717) is 37.0 Å². The molecule has 29 heavy (non-hydrogen) atoms. The van der Waals surface area contributed by atoms with Crippen molar-refractivity contribution < 1.29 is 23.4 Å². The van der Waals surface area contributed by atoms with Gasteiger partial charge in [0.25, 0.3) is 5.91 Å². The Kier molecular flexibility index (Phi) is 7.37. The molecule has 1 N–H and O–H groups in total. The van der Waals surface area contributed by atoms with Crippen molar-refractivity contribution in [2.24, 2.45) is 0 Å². The van der Waals surface area contributed by atoms with E-state index < -0.39 is 0 Å². The lowest BCUT2D eigenvalue weighted by molar-refractivity contribution is -0.118. The van der Waals surface area contributed by atoms with Gasteiger partial charge in [-0.3, -0.25) is 4.79 Å². The van der Waals surface area contributed by atoms with Gasteiger partial charge in [0.15, 0.2) is 18.1 Å². The van der Waals surface area contributed by atoms with Gasteiger partial charge in [0, 0.05) is 24.3 Å². The summed E-state index contributed by atoms with van der Waals surface area (Å²) in [5, 5.41) is 2.65. The molecule has 1 aliphatic heterocycles. The van der Waals surface area contributed by atoms with Gasteiger partial charge in [-0.05, 0) is 49.4 Å². The topological polar surface area (TPSA) is 60.0 Å². The summed E-state index contributed by atoms with van der Waals surface area (Å²) >= 11 is 5.60. The van der Waals surface area contributed by atoms with E-state index in [-0.39, 0.29) is 18.3 Å². The number of benzene rings is 2. The average Bonchev–Trinajstić information content (AvgIpc) is 2.75. The highest BCUT2D eigenvalue weighted by molar-refractivity contribution is 7.80. The molecule has 0 aromatic heterocycles. The minimum absolute atomic E-state index is 0.204. The van der Waals surface area contributed by atoms with Crippen molar-refractivity contribution in [1.82, 2.24) is 4.90 Å². The lowest BCUT2D eigenvalue weighted by Gasteiger charge is -2.29. The number of hydrogen-bond donors (Lipinski definition) is 1. The fourth-order valence-electron chi connectivity index (χ4n) is 2.85. The Bertz CT molecular complexity index is 854. The molecule has 0 saturated carbocycles. The third-order valence-corrected chi connectivity index (χ3v) is 4.77. The molecule has 1 fully saturated rings. The maximum atomic E-state index is 12.9. The lowest BCUT2D eigenvalue weighted by atomic mass is 10.1. The second-order valence-electron chi connectivity index (χ2n) is 6.34. The van der Waals surface area contributed by atoms with Gasteiger partial charge in [-0.2, -0.15) is 0 Å². The molecule has 1 amide bonds. The third-order valence-electron chi connectivity index (χ3n) is 4.28. The van der Waals surface area contributed by atoms with Crippen molar-refractivity contribution in [3.63, 3.8) is 0 Å². The number of halogens is 1. The van der Waals surface area contributed by atoms with Crippen molar-refractivity contribution in [3.8, 4) is 11.5 Å². The highest BCUT2D eigenvalue weighted by Gasteiger charge is 2.17. The van der Waals surface area contributed by atoms with E-state index in [1.54, 1.807) is 6.07 Å². The quantitative estimate of drug-likeness (QED) is 0.697. The Balaban J connectivity index is 1.64. The first-order valence-corrected chi connectivity index (χ1v) is 9.79. The van der Waals surface area contributed by atoms with Crippen LogP contribution >= 0.6 is 12.2 Å². The largest absolute Gasteiger partial charge is 0.490 e. The fourth-order valence-corrected chi connectivity index (χ4v) is 3.16. The summed E-state index contributed by atoms with van der Waals surface area (Å²) in [6.45, 7) is 4.94. The van der Waals surface area contributed by atoms with Crippen LogP contribution in [0.5, 0.6) is 11.5 Å². The minimum atomic E-state index is -0.365. The van der Waals surface area contributed by atoms with E-state index in [1.807, 2.05) is 19.1 Å². The summed E-state index contributed by atoms with van der Waals surface area (Å²) in [5.74, 6) is 0.257. The SMILES string of the molecule is CCOc1cc(C(=S)N2CCOCC2)ccc1OCC(=O)Nc1ccc(F)cc1. The van der Waals surface area contributed by atoms with Gasteiger partial charge in [0.05, 0.1) is 19.8 Å². The number of nitrogens with zero attached hydrogens (tertiary/aromatic N) is 1. The summed E-state index contributed by atoms with van der Waals surface area (Å²) in [4.78, 5) is 14.9. The monoisotopic (exact) mass is 418 g/mol. The number of hydrogen-bond acceptors (Lipinski definition) is 5. The maximum absolute atomic E-state index is 12.9. The number of thiocarbonyl (C=S) groups is 1. The summed E-state index contributed by atoms with van der Waals surface area (Å²) in [5.41, 5.74) is 1.35. The van der Waals surface area contributed by atoms with Crippen molar-refractivity contribution in [2.45, 2.75) is 6.92 Å². The predicted molar refractivity (Wildman–Crippen MR) is 112 cm³/mol. The Hall–Kier alpha value is -2.71. The van der Waals surface area contributed by atoms with E-state index in [4.69, 9.17) is 26.4 Å². The van der Waals surface area contributed by atoms with E-state index >= 15 is 0 Å². The molecule has 6 nitrogen and oxygen atoms in total. The molecule has 0 atom stereocenters. The third kappa shape index (κ3) is 5.88. The summed E-state index contributed by atoms with van der Waals surface area (Å²) in [6.07, 6.45) is 0. The molecule has 0 spiro atoms. The molecular formula is C21H23FN2O4S. The van der Waals surface area contributed by atoms with Gasteiger partial charge in [-0.25, -0.2) is 4.39 Å². The zero-order valence-electron chi connectivity index (χ0n) is 16.2. The summed E-state index contributed by atoms with van der Waals surface area (Å²) in [7, 11) is 0. The van der Waals surface area contributed by atoms with Gasteiger partial charge in [0.1, 0.15) is 10.8 Å². The molecular weight excluding hydrogens is 395 g/mol. The molecule has 0 bridgehead atoms. The number of anilines is 1. The molecule has 1 aliphatic rings. The maximum Gasteiger partial charge on any atom is 0.262 e. The van der Waals surface area contributed by atoms with Gasteiger partial charge < -0.3 is 24.4 Å². The Labute approximate surface area is 174 Å². The molecule has 0 unspecified atom stereocenters. The Morgan fingerprint density at radius 3 is 2.55 bits per heavy atom. The van der Waals surface area contributed by atoms with E-state index in [2.05, 4.69) is 10.2 Å². The van der Waals surface area contributed by atoms with E-state index in [0.717, 1.165) is 23.6 Å². The van der Waals surface area contributed by atoms with Crippen LogP contribution in [0.3, 0.4) is 0 Å². The summed E-state index contributed by atoms with van der Waals surface area (Å²) < 4.78 is 29.6. The highest BCUT2D eigenvalue weighted by Crippen LogP contribution is 2.29. The molecule has 154 valence electrons. The van der Waals surface area contributed by atoms with Crippen LogP contribution in [-0.4, -0.2) is 55.3 Å². The van der Waals surface area contributed by atoms with Crippen LogP contribution in [0.25, 0.3) is 0 Å². The number of morpholine rings is 1. The number of ether oxygens (including phenoxy) is 3. The van der Waals surface area contributed by atoms with Crippen molar-refractivity contribution >= 4 is 28.8 Å².